The molecule has 1 fully saturated rings. The van der Waals surface area contributed by atoms with E-state index in [4.69, 9.17) is 5.11 Å². The number of carboxylic acid groups (broad SMARTS) is 1. The molecule has 120 valence electrons. The predicted octanol–water partition coefficient (Wildman–Crippen LogP) is 0.941. The topological polar surface area (TPSA) is 98.7 Å². The Morgan fingerprint density at radius 3 is 2.71 bits per heavy atom. The van der Waals surface area contributed by atoms with Gasteiger partial charge in [-0.05, 0) is 19.3 Å². The Morgan fingerprint density at radius 1 is 1.33 bits per heavy atom. The van der Waals surface area contributed by atoms with Gasteiger partial charge in [-0.3, -0.25) is 9.59 Å². The molecule has 21 heavy (non-hydrogen) atoms. The van der Waals surface area contributed by atoms with Crippen molar-refractivity contribution in [3.05, 3.63) is 0 Å². The van der Waals surface area contributed by atoms with Gasteiger partial charge in [-0.25, -0.2) is 4.79 Å². The highest BCUT2D eigenvalue weighted by molar-refractivity contribution is 5.88. The molecular formula is C14H25N3O4. The molecule has 0 spiro atoms. The Hall–Kier alpha value is -1.79. The Balaban J connectivity index is 2.18. The molecule has 1 rings (SSSR count). The number of nitrogens with one attached hydrogen (secondary N) is 2. The molecule has 7 nitrogen and oxygen atoms in total. The second kappa shape index (κ2) is 9.20. The maximum atomic E-state index is 12.0. The normalized spacial score (nSPS) is 18.2. The molecule has 0 aliphatic carbocycles. The zero-order valence-electron chi connectivity index (χ0n) is 12.6. The van der Waals surface area contributed by atoms with Crippen molar-refractivity contribution in [1.82, 2.24) is 15.5 Å². The summed E-state index contributed by atoms with van der Waals surface area (Å²) < 4.78 is 0. The van der Waals surface area contributed by atoms with Gasteiger partial charge in [0.15, 0.2) is 0 Å². The van der Waals surface area contributed by atoms with Crippen LogP contribution in [0.4, 0.5) is 4.79 Å². The van der Waals surface area contributed by atoms with E-state index in [1.807, 2.05) is 6.92 Å². The van der Waals surface area contributed by atoms with Crippen molar-refractivity contribution in [2.24, 2.45) is 0 Å². The van der Waals surface area contributed by atoms with Crippen LogP contribution in [-0.2, 0) is 9.59 Å². The van der Waals surface area contributed by atoms with Gasteiger partial charge in [0.2, 0.25) is 5.91 Å². The lowest BCUT2D eigenvalue weighted by molar-refractivity contribution is -0.137. The van der Waals surface area contributed by atoms with E-state index in [1.54, 1.807) is 4.90 Å². The monoisotopic (exact) mass is 299 g/mol. The first-order chi connectivity index (χ1) is 10.1. The molecule has 1 saturated heterocycles. The minimum Gasteiger partial charge on any atom is -0.481 e. The van der Waals surface area contributed by atoms with Gasteiger partial charge in [0, 0.05) is 26.1 Å². The second-order valence-electron chi connectivity index (χ2n) is 5.20. The number of hydrogen-bond donors (Lipinski definition) is 3. The number of carbonyl (C=O) groups excluding carboxylic acids is 2. The second-order valence-corrected chi connectivity index (χ2v) is 5.20. The highest BCUT2D eigenvalue weighted by atomic mass is 16.4. The molecule has 0 aromatic heterocycles. The number of carboxylic acids is 1. The number of aliphatic carboxylic acids is 1. The van der Waals surface area contributed by atoms with Gasteiger partial charge in [0.25, 0.3) is 0 Å². The van der Waals surface area contributed by atoms with Crippen molar-refractivity contribution < 1.29 is 19.5 Å². The van der Waals surface area contributed by atoms with E-state index in [0.717, 1.165) is 19.3 Å². The zero-order chi connectivity index (χ0) is 15.7. The number of carbonyl (C=O) groups is 3. The molecule has 1 unspecified atom stereocenters. The largest absolute Gasteiger partial charge is 0.481 e. The molecule has 1 heterocycles. The Bertz CT molecular complexity index is 373. The van der Waals surface area contributed by atoms with E-state index >= 15 is 0 Å². The number of amides is 3. The lowest BCUT2D eigenvalue weighted by atomic mass is 10.1. The van der Waals surface area contributed by atoms with Crippen LogP contribution >= 0.6 is 0 Å². The molecule has 0 aromatic carbocycles. The number of nitrogens with zero attached hydrogens (tertiary/aromatic N) is 1. The Morgan fingerprint density at radius 2 is 2.05 bits per heavy atom. The zero-order valence-corrected chi connectivity index (χ0v) is 12.6. The molecule has 0 radical (unpaired) electrons. The highest BCUT2D eigenvalue weighted by Gasteiger charge is 2.31. The predicted molar refractivity (Wildman–Crippen MR) is 77.9 cm³/mol. The molecule has 3 N–H and O–H groups in total. The lowest BCUT2D eigenvalue weighted by Gasteiger charge is -2.34. The third-order valence-electron chi connectivity index (χ3n) is 3.57. The van der Waals surface area contributed by atoms with Crippen molar-refractivity contribution in [3.8, 4) is 0 Å². The summed E-state index contributed by atoms with van der Waals surface area (Å²) in [6.45, 7) is 3.48. The first-order valence-electron chi connectivity index (χ1n) is 7.60. The van der Waals surface area contributed by atoms with Gasteiger partial charge in [-0.2, -0.15) is 0 Å². The summed E-state index contributed by atoms with van der Waals surface area (Å²) >= 11 is 0. The molecule has 1 atom stereocenters. The third kappa shape index (κ3) is 6.01. The number of piperazine rings is 1. The van der Waals surface area contributed by atoms with Gasteiger partial charge in [0.05, 0.1) is 0 Å². The van der Waals surface area contributed by atoms with Crippen molar-refractivity contribution in [3.63, 3.8) is 0 Å². The van der Waals surface area contributed by atoms with Crippen LogP contribution in [0.5, 0.6) is 0 Å². The van der Waals surface area contributed by atoms with E-state index in [2.05, 4.69) is 10.6 Å². The molecule has 0 saturated carbocycles. The van der Waals surface area contributed by atoms with E-state index in [0.29, 0.717) is 32.5 Å². The lowest BCUT2D eigenvalue weighted by Crippen LogP contribution is -2.59. The van der Waals surface area contributed by atoms with Crippen LogP contribution in [0.3, 0.4) is 0 Å². The van der Waals surface area contributed by atoms with E-state index < -0.39 is 5.97 Å². The summed E-state index contributed by atoms with van der Waals surface area (Å²) in [7, 11) is 0. The van der Waals surface area contributed by atoms with Gasteiger partial charge < -0.3 is 20.6 Å². The highest BCUT2D eigenvalue weighted by Crippen LogP contribution is 2.08. The fraction of sp³-hybridized carbons (Fsp3) is 0.786. The molecule has 0 bridgehead atoms. The Labute approximate surface area is 125 Å². The maximum Gasteiger partial charge on any atom is 0.318 e. The first kappa shape index (κ1) is 17.3. The van der Waals surface area contributed by atoms with Crippen molar-refractivity contribution in [2.45, 2.75) is 51.5 Å². The summed E-state index contributed by atoms with van der Waals surface area (Å²) in [6, 6.07) is -0.573. The number of unbranched alkanes of at least 4 members (excludes halogenated alkanes) is 3. The first-order valence-corrected chi connectivity index (χ1v) is 7.60. The number of urea groups is 1. The minimum atomic E-state index is -0.766. The third-order valence-corrected chi connectivity index (χ3v) is 3.57. The number of hydrogen-bond acceptors (Lipinski definition) is 3. The minimum absolute atomic E-state index is 0.0902. The van der Waals surface area contributed by atoms with Gasteiger partial charge >= 0.3 is 12.0 Å². The summed E-state index contributed by atoms with van der Waals surface area (Å²) in [5, 5.41) is 14.1. The smallest absolute Gasteiger partial charge is 0.318 e. The molecule has 0 aromatic rings. The van der Waals surface area contributed by atoms with Crippen LogP contribution in [0, 0.1) is 0 Å². The van der Waals surface area contributed by atoms with E-state index in [1.165, 1.54) is 0 Å². The SMILES string of the molecule is CCC1C(=O)NCCN1C(=O)NCCCCCCC(=O)O. The molecule has 1 aliphatic heterocycles. The molecule has 7 heteroatoms. The molecular weight excluding hydrogens is 274 g/mol. The van der Waals surface area contributed by atoms with E-state index in [-0.39, 0.29) is 24.4 Å². The van der Waals surface area contributed by atoms with Crippen LogP contribution in [0.15, 0.2) is 0 Å². The van der Waals surface area contributed by atoms with Crippen LogP contribution in [0.1, 0.15) is 45.4 Å². The Kier molecular flexibility index (Phi) is 7.56. The molecule has 3 amide bonds. The quantitative estimate of drug-likeness (QED) is 0.581. The van der Waals surface area contributed by atoms with Crippen molar-refractivity contribution >= 4 is 17.9 Å². The maximum absolute atomic E-state index is 12.0. The van der Waals surface area contributed by atoms with Crippen LogP contribution in [0.2, 0.25) is 0 Å². The fourth-order valence-electron chi connectivity index (χ4n) is 2.42. The summed E-state index contributed by atoms with van der Waals surface area (Å²) in [5.41, 5.74) is 0. The summed E-state index contributed by atoms with van der Waals surface area (Å²) in [5.74, 6) is -0.857. The van der Waals surface area contributed by atoms with Gasteiger partial charge in [-0.15, -0.1) is 0 Å². The van der Waals surface area contributed by atoms with Crippen LogP contribution < -0.4 is 10.6 Å². The summed E-state index contributed by atoms with van der Waals surface area (Å²) in [4.78, 5) is 35.6. The average molecular weight is 299 g/mol. The van der Waals surface area contributed by atoms with Gasteiger partial charge in [-0.1, -0.05) is 19.8 Å². The van der Waals surface area contributed by atoms with Crippen molar-refractivity contribution in [1.29, 1.82) is 0 Å². The average Bonchev–Trinajstić information content (AvgIpc) is 2.45. The fourth-order valence-corrected chi connectivity index (χ4v) is 2.42. The van der Waals surface area contributed by atoms with E-state index in [9.17, 15) is 14.4 Å². The number of rotatable bonds is 8. The summed E-state index contributed by atoms with van der Waals surface area (Å²) in [6.07, 6.45) is 4.05. The van der Waals surface area contributed by atoms with Crippen LogP contribution in [0.25, 0.3) is 0 Å². The van der Waals surface area contributed by atoms with Crippen LogP contribution in [-0.4, -0.2) is 53.6 Å². The standard InChI is InChI=1S/C14H25N3O4/c1-2-11-13(20)15-9-10-17(11)14(21)16-8-6-4-3-5-7-12(18)19/h11H,2-10H2,1H3,(H,15,20)(H,16,21)(H,18,19). The van der Waals surface area contributed by atoms with Crippen molar-refractivity contribution in [2.75, 3.05) is 19.6 Å². The van der Waals surface area contributed by atoms with Gasteiger partial charge in [0.1, 0.15) is 6.04 Å². The molecule has 1 aliphatic rings.